The van der Waals surface area contributed by atoms with Crippen molar-refractivity contribution in [2.75, 3.05) is 45.9 Å². The summed E-state index contributed by atoms with van der Waals surface area (Å²) in [6.07, 6.45) is 0.158. The van der Waals surface area contributed by atoms with Crippen molar-refractivity contribution in [2.24, 2.45) is 5.92 Å². The zero-order chi connectivity index (χ0) is 11.4. The van der Waals surface area contributed by atoms with Gasteiger partial charge in [0, 0.05) is 32.7 Å². The van der Waals surface area contributed by atoms with E-state index in [0.717, 1.165) is 39.3 Å². The van der Waals surface area contributed by atoms with E-state index in [0.29, 0.717) is 6.54 Å². The first-order valence-corrected chi connectivity index (χ1v) is 6.12. The van der Waals surface area contributed by atoms with Crippen LogP contribution in [0.25, 0.3) is 0 Å². The number of nitrogens with zero attached hydrogens (tertiary/aromatic N) is 1. The third kappa shape index (κ3) is 2.93. The SMILES string of the molecule is CCN1CCOC(CNC(=O)C2CNC2)C1. The number of hydrogen-bond acceptors (Lipinski definition) is 4. The quantitative estimate of drug-likeness (QED) is 0.650. The Balaban J connectivity index is 1.66. The van der Waals surface area contributed by atoms with E-state index >= 15 is 0 Å². The molecule has 1 atom stereocenters. The average Bonchev–Trinajstić information content (AvgIpc) is 2.24. The summed E-state index contributed by atoms with van der Waals surface area (Å²) < 4.78 is 5.62. The number of nitrogens with one attached hydrogen (secondary N) is 2. The molecule has 0 aromatic heterocycles. The van der Waals surface area contributed by atoms with Gasteiger partial charge >= 0.3 is 0 Å². The molecule has 2 fully saturated rings. The highest BCUT2D eigenvalue weighted by atomic mass is 16.5. The van der Waals surface area contributed by atoms with Crippen LogP contribution in [0.4, 0.5) is 0 Å². The first-order valence-electron chi connectivity index (χ1n) is 6.12. The Kier molecular flexibility index (Phi) is 4.15. The summed E-state index contributed by atoms with van der Waals surface area (Å²) in [5.74, 6) is 0.335. The predicted molar refractivity (Wildman–Crippen MR) is 61.2 cm³/mol. The van der Waals surface area contributed by atoms with Crippen LogP contribution < -0.4 is 10.6 Å². The highest BCUT2D eigenvalue weighted by Gasteiger charge is 2.26. The summed E-state index contributed by atoms with van der Waals surface area (Å²) in [4.78, 5) is 14.0. The van der Waals surface area contributed by atoms with Crippen LogP contribution in [-0.2, 0) is 9.53 Å². The lowest BCUT2D eigenvalue weighted by atomic mass is 10.0. The number of likely N-dealkylation sites (N-methyl/N-ethyl adjacent to an activating group) is 1. The number of hydrogen-bond donors (Lipinski definition) is 2. The van der Waals surface area contributed by atoms with E-state index in [1.165, 1.54) is 0 Å². The molecule has 2 aliphatic rings. The molecule has 0 radical (unpaired) electrons. The Morgan fingerprint density at radius 3 is 3.00 bits per heavy atom. The molecule has 16 heavy (non-hydrogen) atoms. The van der Waals surface area contributed by atoms with Crippen LogP contribution in [-0.4, -0.2) is 62.8 Å². The standard InChI is InChI=1S/C11H21N3O2/c1-2-14-3-4-16-10(8-14)7-13-11(15)9-5-12-6-9/h9-10,12H,2-8H2,1H3,(H,13,15). The van der Waals surface area contributed by atoms with Gasteiger partial charge in [-0.15, -0.1) is 0 Å². The van der Waals surface area contributed by atoms with Gasteiger partial charge in [0.05, 0.1) is 18.6 Å². The number of rotatable bonds is 4. The first kappa shape index (κ1) is 11.8. The molecule has 2 aliphatic heterocycles. The van der Waals surface area contributed by atoms with Crippen molar-refractivity contribution < 1.29 is 9.53 Å². The van der Waals surface area contributed by atoms with E-state index in [9.17, 15) is 4.79 Å². The molecule has 1 unspecified atom stereocenters. The number of amides is 1. The van der Waals surface area contributed by atoms with Gasteiger partial charge in [0.15, 0.2) is 0 Å². The molecule has 0 bridgehead atoms. The second-order valence-corrected chi connectivity index (χ2v) is 4.49. The van der Waals surface area contributed by atoms with Gasteiger partial charge in [0.1, 0.15) is 0 Å². The molecular formula is C11H21N3O2. The van der Waals surface area contributed by atoms with Gasteiger partial charge in [-0.3, -0.25) is 9.69 Å². The number of morpholine rings is 1. The molecule has 92 valence electrons. The first-order chi connectivity index (χ1) is 7.79. The monoisotopic (exact) mass is 227 g/mol. The number of carbonyl (C=O) groups excluding carboxylic acids is 1. The van der Waals surface area contributed by atoms with Crippen molar-refractivity contribution in [3.05, 3.63) is 0 Å². The van der Waals surface area contributed by atoms with Gasteiger partial charge < -0.3 is 15.4 Å². The molecule has 0 saturated carbocycles. The van der Waals surface area contributed by atoms with Crippen LogP contribution in [0.3, 0.4) is 0 Å². The maximum absolute atomic E-state index is 11.6. The maximum Gasteiger partial charge on any atom is 0.225 e. The number of carbonyl (C=O) groups is 1. The van der Waals surface area contributed by atoms with Crippen molar-refractivity contribution in [2.45, 2.75) is 13.0 Å². The van der Waals surface area contributed by atoms with Crippen molar-refractivity contribution in [1.29, 1.82) is 0 Å². The third-order valence-electron chi connectivity index (χ3n) is 3.33. The van der Waals surface area contributed by atoms with Crippen molar-refractivity contribution in [3.8, 4) is 0 Å². The van der Waals surface area contributed by atoms with Crippen LogP contribution in [0.1, 0.15) is 6.92 Å². The molecular weight excluding hydrogens is 206 g/mol. The van der Waals surface area contributed by atoms with Crippen LogP contribution in [0.2, 0.25) is 0 Å². The smallest absolute Gasteiger partial charge is 0.225 e. The van der Waals surface area contributed by atoms with Crippen LogP contribution in [0.5, 0.6) is 0 Å². The lowest BCUT2D eigenvalue weighted by Crippen LogP contribution is -2.53. The lowest BCUT2D eigenvalue weighted by Gasteiger charge is -2.33. The van der Waals surface area contributed by atoms with Crippen LogP contribution >= 0.6 is 0 Å². The summed E-state index contributed by atoms with van der Waals surface area (Å²) in [6.45, 7) is 8.20. The van der Waals surface area contributed by atoms with Crippen molar-refractivity contribution >= 4 is 5.91 Å². The molecule has 2 N–H and O–H groups in total. The molecule has 0 aliphatic carbocycles. The number of ether oxygens (including phenoxy) is 1. The summed E-state index contributed by atoms with van der Waals surface area (Å²) >= 11 is 0. The third-order valence-corrected chi connectivity index (χ3v) is 3.33. The Bertz CT molecular complexity index is 243. The van der Waals surface area contributed by atoms with E-state index < -0.39 is 0 Å². The van der Waals surface area contributed by atoms with Gasteiger partial charge in [-0.25, -0.2) is 0 Å². The Morgan fingerprint density at radius 2 is 2.38 bits per heavy atom. The fourth-order valence-corrected chi connectivity index (χ4v) is 2.02. The van der Waals surface area contributed by atoms with Gasteiger partial charge in [0.2, 0.25) is 5.91 Å². The molecule has 5 nitrogen and oxygen atoms in total. The molecule has 0 aromatic carbocycles. The Morgan fingerprint density at radius 1 is 1.56 bits per heavy atom. The van der Waals surface area contributed by atoms with E-state index in [1.807, 2.05) is 0 Å². The van der Waals surface area contributed by atoms with Crippen LogP contribution in [0, 0.1) is 5.92 Å². The van der Waals surface area contributed by atoms with Gasteiger partial charge in [-0.2, -0.15) is 0 Å². The Labute approximate surface area is 96.5 Å². The average molecular weight is 227 g/mol. The molecule has 0 spiro atoms. The highest BCUT2D eigenvalue weighted by molar-refractivity contribution is 5.80. The predicted octanol–water partition coefficient (Wildman–Crippen LogP) is -0.957. The topological polar surface area (TPSA) is 53.6 Å². The minimum absolute atomic E-state index is 0.158. The molecule has 1 amide bonds. The molecule has 2 saturated heterocycles. The van der Waals surface area contributed by atoms with E-state index in [2.05, 4.69) is 22.5 Å². The Hall–Kier alpha value is -0.650. The normalized spacial score (nSPS) is 27.4. The van der Waals surface area contributed by atoms with E-state index in [1.54, 1.807) is 0 Å². The second-order valence-electron chi connectivity index (χ2n) is 4.49. The molecule has 2 heterocycles. The lowest BCUT2D eigenvalue weighted by molar-refractivity contribution is -0.127. The summed E-state index contributed by atoms with van der Waals surface area (Å²) in [7, 11) is 0. The minimum Gasteiger partial charge on any atom is -0.374 e. The van der Waals surface area contributed by atoms with Crippen molar-refractivity contribution in [3.63, 3.8) is 0 Å². The fraction of sp³-hybridized carbons (Fsp3) is 0.909. The van der Waals surface area contributed by atoms with Gasteiger partial charge in [0.25, 0.3) is 0 Å². The summed E-state index contributed by atoms with van der Waals surface area (Å²) in [5, 5.41) is 6.06. The highest BCUT2D eigenvalue weighted by Crippen LogP contribution is 2.05. The van der Waals surface area contributed by atoms with Crippen LogP contribution in [0.15, 0.2) is 0 Å². The summed E-state index contributed by atoms with van der Waals surface area (Å²) in [5.41, 5.74) is 0. The minimum atomic E-state index is 0.158. The summed E-state index contributed by atoms with van der Waals surface area (Å²) in [6, 6.07) is 0. The zero-order valence-corrected chi connectivity index (χ0v) is 9.87. The van der Waals surface area contributed by atoms with E-state index in [-0.39, 0.29) is 17.9 Å². The van der Waals surface area contributed by atoms with Crippen molar-refractivity contribution in [1.82, 2.24) is 15.5 Å². The zero-order valence-electron chi connectivity index (χ0n) is 9.87. The maximum atomic E-state index is 11.6. The molecule has 5 heteroatoms. The van der Waals surface area contributed by atoms with E-state index in [4.69, 9.17) is 4.74 Å². The molecule has 2 rings (SSSR count). The largest absolute Gasteiger partial charge is 0.374 e. The molecule has 0 aromatic rings. The van der Waals surface area contributed by atoms with Gasteiger partial charge in [-0.05, 0) is 6.54 Å². The second kappa shape index (κ2) is 5.61. The fourth-order valence-electron chi connectivity index (χ4n) is 2.02. The van der Waals surface area contributed by atoms with Gasteiger partial charge in [-0.1, -0.05) is 6.92 Å².